The largest absolute Gasteiger partial charge is 0.338 e. The van der Waals surface area contributed by atoms with Crippen LogP contribution in [0.1, 0.15) is 24.5 Å². The van der Waals surface area contributed by atoms with Crippen molar-refractivity contribution in [3.63, 3.8) is 0 Å². The summed E-state index contributed by atoms with van der Waals surface area (Å²) in [6, 6.07) is 4.76. The molecule has 1 aromatic rings. The Balaban J connectivity index is 2.13. The maximum Gasteiger partial charge on any atom is 0.223 e. The van der Waals surface area contributed by atoms with Crippen molar-refractivity contribution in [1.29, 1.82) is 0 Å². The number of carbonyl (C=O) groups is 1. The first kappa shape index (κ1) is 12.0. The van der Waals surface area contributed by atoms with Crippen molar-refractivity contribution in [2.24, 2.45) is 11.7 Å². The second kappa shape index (κ2) is 4.84. The van der Waals surface area contributed by atoms with Crippen molar-refractivity contribution in [1.82, 2.24) is 4.90 Å². The lowest BCUT2D eigenvalue weighted by Gasteiger charge is -2.16. The van der Waals surface area contributed by atoms with Crippen molar-refractivity contribution < 1.29 is 9.18 Å². The molecule has 17 heavy (non-hydrogen) atoms. The molecule has 0 radical (unpaired) electrons. The van der Waals surface area contributed by atoms with Gasteiger partial charge in [-0.15, -0.1) is 0 Å². The normalized spacial score (nSPS) is 20.1. The Labute approximate surface area is 100 Å². The van der Waals surface area contributed by atoms with Crippen molar-refractivity contribution >= 4 is 5.91 Å². The van der Waals surface area contributed by atoms with Gasteiger partial charge in [0.1, 0.15) is 5.82 Å². The number of nitrogens with two attached hydrogens (primary N) is 1. The molecule has 1 heterocycles. The summed E-state index contributed by atoms with van der Waals surface area (Å²) in [7, 11) is 0. The molecule has 1 fully saturated rings. The average molecular weight is 236 g/mol. The molecule has 0 saturated carbocycles. The SMILES string of the molecule is CC1CC(=O)N(Cc2cc(F)cc(CN)c2)C1. The number of likely N-dealkylation sites (tertiary alicyclic amines) is 1. The van der Waals surface area contributed by atoms with Gasteiger partial charge in [-0.25, -0.2) is 4.39 Å². The number of benzene rings is 1. The van der Waals surface area contributed by atoms with Crippen LogP contribution in [-0.4, -0.2) is 17.4 Å². The van der Waals surface area contributed by atoms with Crippen molar-refractivity contribution in [2.75, 3.05) is 6.54 Å². The number of hydrogen-bond donors (Lipinski definition) is 1. The molecule has 1 atom stereocenters. The summed E-state index contributed by atoms with van der Waals surface area (Å²) in [6.07, 6.45) is 0.596. The molecule has 1 aliphatic rings. The summed E-state index contributed by atoms with van der Waals surface area (Å²) in [5.74, 6) is 0.253. The van der Waals surface area contributed by atoms with Gasteiger partial charge in [-0.1, -0.05) is 13.0 Å². The van der Waals surface area contributed by atoms with Crippen molar-refractivity contribution in [3.8, 4) is 0 Å². The van der Waals surface area contributed by atoms with Crippen LogP contribution in [0.2, 0.25) is 0 Å². The van der Waals surface area contributed by atoms with Gasteiger partial charge in [-0.2, -0.15) is 0 Å². The third-order valence-corrected chi connectivity index (χ3v) is 3.03. The van der Waals surface area contributed by atoms with Crippen LogP contribution in [0.4, 0.5) is 4.39 Å². The summed E-state index contributed by atoms with van der Waals surface area (Å²) in [6.45, 7) is 3.60. The maximum atomic E-state index is 13.3. The molecule has 0 spiro atoms. The molecule has 2 N–H and O–H groups in total. The molecule has 1 aromatic carbocycles. The highest BCUT2D eigenvalue weighted by molar-refractivity contribution is 5.78. The lowest BCUT2D eigenvalue weighted by Crippen LogP contribution is -2.24. The summed E-state index contributed by atoms with van der Waals surface area (Å²) >= 11 is 0. The minimum atomic E-state index is -0.289. The van der Waals surface area contributed by atoms with Gasteiger partial charge in [0.05, 0.1) is 0 Å². The summed E-state index contributed by atoms with van der Waals surface area (Å²) in [5.41, 5.74) is 7.07. The number of amides is 1. The van der Waals surface area contributed by atoms with Crippen molar-refractivity contribution in [3.05, 3.63) is 35.1 Å². The Morgan fingerprint density at radius 2 is 2.12 bits per heavy atom. The van der Waals surface area contributed by atoms with E-state index in [0.717, 1.165) is 17.7 Å². The molecule has 0 bridgehead atoms. The number of rotatable bonds is 3. The van der Waals surface area contributed by atoms with Gasteiger partial charge in [-0.3, -0.25) is 4.79 Å². The Morgan fingerprint density at radius 3 is 2.71 bits per heavy atom. The van der Waals surface area contributed by atoms with Crippen LogP contribution in [0.3, 0.4) is 0 Å². The average Bonchev–Trinajstić information content (AvgIpc) is 2.56. The van der Waals surface area contributed by atoms with Crippen LogP contribution in [0.15, 0.2) is 18.2 Å². The fourth-order valence-electron chi connectivity index (χ4n) is 2.27. The topological polar surface area (TPSA) is 46.3 Å². The minimum absolute atomic E-state index is 0.149. The van der Waals surface area contributed by atoms with E-state index in [4.69, 9.17) is 5.73 Å². The van der Waals surface area contributed by atoms with E-state index in [1.807, 2.05) is 6.07 Å². The molecule has 1 unspecified atom stereocenters. The van der Waals surface area contributed by atoms with Crippen LogP contribution >= 0.6 is 0 Å². The van der Waals surface area contributed by atoms with E-state index in [2.05, 4.69) is 6.92 Å². The van der Waals surface area contributed by atoms with Gasteiger partial charge in [0.15, 0.2) is 0 Å². The molecule has 92 valence electrons. The summed E-state index contributed by atoms with van der Waals surface area (Å²) < 4.78 is 13.3. The zero-order valence-electron chi connectivity index (χ0n) is 9.95. The highest BCUT2D eigenvalue weighted by Crippen LogP contribution is 2.20. The standard InChI is InChI=1S/C13H17FN2O/c1-9-2-13(17)16(7-9)8-11-3-10(6-15)4-12(14)5-11/h3-5,9H,2,6-8,15H2,1H3. The molecular formula is C13H17FN2O. The van der Waals surface area contributed by atoms with E-state index >= 15 is 0 Å². The highest BCUT2D eigenvalue weighted by Gasteiger charge is 2.26. The van der Waals surface area contributed by atoms with Gasteiger partial charge in [0.25, 0.3) is 0 Å². The van der Waals surface area contributed by atoms with Crippen LogP contribution in [0.25, 0.3) is 0 Å². The van der Waals surface area contributed by atoms with Crippen LogP contribution in [0.5, 0.6) is 0 Å². The molecule has 0 aromatic heterocycles. The van der Waals surface area contributed by atoms with Gasteiger partial charge < -0.3 is 10.6 Å². The van der Waals surface area contributed by atoms with Crippen LogP contribution < -0.4 is 5.73 Å². The number of nitrogens with zero attached hydrogens (tertiary/aromatic N) is 1. The fraction of sp³-hybridized carbons (Fsp3) is 0.462. The molecular weight excluding hydrogens is 219 g/mol. The van der Waals surface area contributed by atoms with Gasteiger partial charge >= 0.3 is 0 Å². The van der Waals surface area contributed by atoms with E-state index in [9.17, 15) is 9.18 Å². The Hall–Kier alpha value is -1.42. The first-order valence-corrected chi connectivity index (χ1v) is 5.84. The lowest BCUT2D eigenvalue weighted by atomic mass is 10.1. The predicted octanol–water partition coefficient (Wildman–Crippen LogP) is 1.65. The third kappa shape index (κ3) is 2.82. The molecule has 0 aliphatic carbocycles. The molecule has 2 rings (SSSR count). The first-order chi connectivity index (χ1) is 8.08. The third-order valence-electron chi connectivity index (χ3n) is 3.03. The predicted molar refractivity (Wildman–Crippen MR) is 63.5 cm³/mol. The zero-order chi connectivity index (χ0) is 12.4. The maximum absolute atomic E-state index is 13.3. The lowest BCUT2D eigenvalue weighted by molar-refractivity contribution is -0.128. The van der Waals surface area contributed by atoms with Gasteiger partial charge in [-0.05, 0) is 29.2 Å². The smallest absolute Gasteiger partial charge is 0.223 e. The van der Waals surface area contributed by atoms with Crippen molar-refractivity contribution in [2.45, 2.75) is 26.4 Å². The Bertz CT molecular complexity index is 433. The molecule has 1 amide bonds. The monoisotopic (exact) mass is 236 g/mol. The van der Waals surface area contributed by atoms with E-state index in [0.29, 0.717) is 25.4 Å². The van der Waals surface area contributed by atoms with E-state index in [1.165, 1.54) is 12.1 Å². The number of hydrogen-bond acceptors (Lipinski definition) is 2. The minimum Gasteiger partial charge on any atom is -0.338 e. The molecule has 4 heteroatoms. The van der Waals surface area contributed by atoms with Gasteiger partial charge in [0.2, 0.25) is 5.91 Å². The van der Waals surface area contributed by atoms with E-state index in [-0.39, 0.29) is 11.7 Å². The summed E-state index contributed by atoms with van der Waals surface area (Å²) in [5, 5.41) is 0. The van der Waals surface area contributed by atoms with Gasteiger partial charge in [0, 0.05) is 26.1 Å². The molecule has 1 saturated heterocycles. The number of halogens is 1. The quantitative estimate of drug-likeness (QED) is 0.867. The van der Waals surface area contributed by atoms with Crippen LogP contribution in [0, 0.1) is 11.7 Å². The Morgan fingerprint density at radius 1 is 1.41 bits per heavy atom. The van der Waals surface area contributed by atoms with Crippen LogP contribution in [-0.2, 0) is 17.9 Å². The second-order valence-corrected chi connectivity index (χ2v) is 4.76. The Kier molecular flexibility index (Phi) is 3.43. The number of carbonyl (C=O) groups excluding carboxylic acids is 1. The van der Waals surface area contributed by atoms with E-state index in [1.54, 1.807) is 4.90 Å². The second-order valence-electron chi connectivity index (χ2n) is 4.76. The molecule has 1 aliphatic heterocycles. The first-order valence-electron chi connectivity index (χ1n) is 5.84. The highest BCUT2D eigenvalue weighted by atomic mass is 19.1. The summed E-state index contributed by atoms with van der Waals surface area (Å²) in [4.78, 5) is 13.4. The molecule has 3 nitrogen and oxygen atoms in total. The zero-order valence-corrected chi connectivity index (χ0v) is 9.95. The van der Waals surface area contributed by atoms with E-state index < -0.39 is 0 Å². The fourth-order valence-corrected chi connectivity index (χ4v) is 2.27.